The maximum atomic E-state index is 12.8. The number of nitrogens with zero attached hydrogens (tertiary/aromatic N) is 1. The summed E-state index contributed by atoms with van der Waals surface area (Å²) >= 11 is 0. The predicted octanol–water partition coefficient (Wildman–Crippen LogP) is -0.00980. The second-order valence-electron chi connectivity index (χ2n) is 6.65. The molecule has 0 radical (unpaired) electrons. The summed E-state index contributed by atoms with van der Waals surface area (Å²) in [5, 5.41) is 0. The summed E-state index contributed by atoms with van der Waals surface area (Å²) in [5.74, 6) is -1.10. The molecule has 0 aromatic heterocycles. The predicted molar refractivity (Wildman–Crippen MR) is 81.4 cm³/mol. The van der Waals surface area contributed by atoms with E-state index in [1.807, 2.05) is 0 Å². The number of carbonyl (C=O) groups excluding carboxylic acids is 2. The number of hydrogen-bond donors (Lipinski definition) is 0. The Kier molecular flexibility index (Phi) is 4.64. The first-order valence-electron chi connectivity index (χ1n) is 8.11. The van der Waals surface area contributed by atoms with Crippen LogP contribution in [-0.4, -0.2) is 69.1 Å². The highest BCUT2D eigenvalue weighted by molar-refractivity contribution is 7.91. The van der Waals surface area contributed by atoms with Crippen molar-refractivity contribution < 1.29 is 27.5 Å². The Labute approximate surface area is 136 Å². The molecule has 4 atom stereocenters. The molecule has 130 valence electrons. The van der Waals surface area contributed by atoms with Crippen molar-refractivity contribution in [1.29, 1.82) is 0 Å². The van der Waals surface area contributed by atoms with E-state index in [0.29, 0.717) is 26.0 Å². The fourth-order valence-corrected chi connectivity index (χ4v) is 5.27. The molecule has 0 N–H and O–H groups in total. The molecule has 0 bridgehead atoms. The lowest BCUT2D eigenvalue weighted by atomic mass is 10.1. The summed E-state index contributed by atoms with van der Waals surface area (Å²) in [5.41, 5.74) is 0. The SMILES string of the molecule is COC(=O)[C@@H]1C[C@@H]1C(=O)N(C[C@@H]1CCCO1)[C@@H]1CCS(=O)(=O)C1. The third-order valence-electron chi connectivity index (χ3n) is 4.97. The molecule has 1 amide bonds. The molecule has 8 heteroatoms. The van der Waals surface area contributed by atoms with Gasteiger partial charge in [0, 0.05) is 19.2 Å². The average Bonchev–Trinajstić information content (AvgIpc) is 2.99. The molecule has 2 saturated heterocycles. The Morgan fingerprint density at radius 2 is 2.04 bits per heavy atom. The van der Waals surface area contributed by atoms with Crippen molar-refractivity contribution in [2.75, 3.05) is 31.8 Å². The number of amides is 1. The zero-order valence-electron chi connectivity index (χ0n) is 13.3. The van der Waals surface area contributed by atoms with Gasteiger partial charge in [0.15, 0.2) is 9.84 Å². The minimum Gasteiger partial charge on any atom is -0.469 e. The van der Waals surface area contributed by atoms with Gasteiger partial charge in [0.25, 0.3) is 0 Å². The van der Waals surface area contributed by atoms with Crippen LogP contribution in [0.1, 0.15) is 25.7 Å². The van der Waals surface area contributed by atoms with E-state index in [2.05, 4.69) is 0 Å². The second-order valence-corrected chi connectivity index (χ2v) is 8.88. The van der Waals surface area contributed by atoms with E-state index >= 15 is 0 Å². The summed E-state index contributed by atoms with van der Waals surface area (Å²) in [4.78, 5) is 26.0. The van der Waals surface area contributed by atoms with Gasteiger partial charge in [-0.3, -0.25) is 9.59 Å². The van der Waals surface area contributed by atoms with Gasteiger partial charge in [0.05, 0.1) is 36.6 Å². The van der Waals surface area contributed by atoms with E-state index in [1.54, 1.807) is 4.90 Å². The van der Waals surface area contributed by atoms with Crippen LogP contribution in [0.2, 0.25) is 0 Å². The highest BCUT2D eigenvalue weighted by Gasteiger charge is 2.52. The number of esters is 1. The average molecular weight is 345 g/mol. The van der Waals surface area contributed by atoms with Crippen LogP contribution in [0.3, 0.4) is 0 Å². The van der Waals surface area contributed by atoms with Gasteiger partial charge in [-0.1, -0.05) is 0 Å². The maximum Gasteiger partial charge on any atom is 0.309 e. The molecule has 0 unspecified atom stereocenters. The summed E-state index contributed by atoms with van der Waals surface area (Å²) in [7, 11) is -1.76. The highest BCUT2D eigenvalue weighted by Crippen LogP contribution is 2.41. The van der Waals surface area contributed by atoms with Crippen LogP contribution in [-0.2, 0) is 28.9 Å². The largest absolute Gasteiger partial charge is 0.469 e. The van der Waals surface area contributed by atoms with Crippen molar-refractivity contribution >= 4 is 21.7 Å². The van der Waals surface area contributed by atoms with Gasteiger partial charge in [-0.2, -0.15) is 0 Å². The van der Waals surface area contributed by atoms with Gasteiger partial charge in [0.1, 0.15) is 0 Å². The Balaban J connectivity index is 1.70. The zero-order chi connectivity index (χ0) is 16.6. The van der Waals surface area contributed by atoms with Gasteiger partial charge in [-0.15, -0.1) is 0 Å². The summed E-state index contributed by atoms with van der Waals surface area (Å²) in [6.07, 6.45) is 2.78. The normalized spacial score (nSPS) is 35.0. The lowest BCUT2D eigenvalue weighted by Gasteiger charge is -2.30. The van der Waals surface area contributed by atoms with Crippen molar-refractivity contribution in [2.45, 2.75) is 37.8 Å². The number of sulfone groups is 1. The monoisotopic (exact) mass is 345 g/mol. The third-order valence-corrected chi connectivity index (χ3v) is 6.72. The first-order valence-corrected chi connectivity index (χ1v) is 9.94. The molecule has 0 aromatic carbocycles. The van der Waals surface area contributed by atoms with E-state index in [-0.39, 0.29) is 47.4 Å². The van der Waals surface area contributed by atoms with Crippen LogP contribution in [0.15, 0.2) is 0 Å². The molecule has 1 saturated carbocycles. The molecule has 2 heterocycles. The minimum absolute atomic E-state index is 0.0150. The Morgan fingerprint density at radius 1 is 1.26 bits per heavy atom. The van der Waals surface area contributed by atoms with E-state index in [0.717, 1.165) is 12.8 Å². The van der Waals surface area contributed by atoms with Crippen LogP contribution in [0.25, 0.3) is 0 Å². The topological polar surface area (TPSA) is 90.0 Å². The first-order chi connectivity index (χ1) is 10.9. The Bertz CT molecular complexity index is 583. The van der Waals surface area contributed by atoms with Crippen LogP contribution in [0.4, 0.5) is 0 Å². The van der Waals surface area contributed by atoms with Gasteiger partial charge >= 0.3 is 5.97 Å². The summed E-state index contributed by atoms with van der Waals surface area (Å²) in [6, 6.07) is -0.296. The number of rotatable bonds is 5. The molecule has 2 aliphatic heterocycles. The fraction of sp³-hybridized carbons (Fsp3) is 0.867. The molecule has 3 aliphatic rings. The zero-order valence-corrected chi connectivity index (χ0v) is 14.1. The van der Waals surface area contributed by atoms with Crippen molar-refractivity contribution in [2.24, 2.45) is 11.8 Å². The molecular formula is C15H23NO6S. The van der Waals surface area contributed by atoms with Gasteiger partial charge in [0.2, 0.25) is 5.91 Å². The van der Waals surface area contributed by atoms with Crippen molar-refractivity contribution in [3.8, 4) is 0 Å². The smallest absolute Gasteiger partial charge is 0.309 e. The fourth-order valence-electron chi connectivity index (χ4n) is 3.54. The lowest BCUT2D eigenvalue weighted by Crippen LogP contribution is -2.46. The maximum absolute atomic E-state index is 12.8. The van der Waals surface area contributed by atoms with Crippen LogP contribution < -0.4 is 0 Å². The van der Waals surface area contributed by atoms with Crippen molar-refractivity contribution in [3.63, 3.8) is 0 Å². The Morgan fingerprint density at radius 3 is 2.61 bits per heavy atom. The number of hydrogen-bond acceptors (Lipinski definition) is 6. The quantitative estimate of drug-likeness (QED) is 0.651. The van der Waals surface area contributed by atoms with Gasteiger partial charge in [-0.05, 0) is 25.7 Å². The summed E-state index contributed by atoms with van der Waals surface area (Å²) < 4.78 is 33.8. The van der Waals surface area contributed by atoms with E-state index < -0.39 is 9.84 Å². The minimum atomic E-state index is -3.07. The van der Waals surface area contributed by atoms with E-state index in [9.17, 15) is 18.0 Å². The molecular weight excluding hydrogens is 322 g/mol. The van der Waals surface area contributed by atoms with Crippen LogP contribution >= 0.6 is 0 Å². The molecule has 0 spiro atoms. The molecule has 1 aliphatic carbocycles. The standard InChI is InChI=1S/C15H23NO6S/c1-21-15(18)13-7-12(13)14(17)16(8-11-3-2-5-22-11)10-4-6-23(19,20)9-10/h10-13H,2-9H2,1H3/t10-,11+,12+,13-/m1/s1. The van der Waals surface area contributed by atoms with E-state index in [1.165, 1.54) is 7.11 Å². The van der Waals surface area contributed by atoms with Gasteiger partial charge < -0.3 is 14.4 Å². The number of ether oxygens (including phenoxy) is 2. The third kappa shape index (κ3) is 3.68. The molecule has 3 fully saturated rings. The number of carbonyl (C=O) groups is 2. The van der Waals surface area contributed by atoms with E-state index in [4.69, 9.17) is 9.47 Å². The van der Waals surface area contributed by atoms with Crippen LogP contribution in [0.5, 0.6) is 0 Å². The second kappa shape index (κ2) is 6.39. The molecule has 0 aromatic rings. The van der Waals surface area contributed by atoms with Crippen molar-refractivity contribution in [3.05, 3.63) is 0 Å². The first kappa shape index (κ1) is 16.7. The molecule has 7 nitrogen and oxygen atoms in total. The van der Waals surface area contributed by atoms with Crippen molar-refractivity contribution in [1.82, 2.24) is 4.90 Å². The highest BCUT2D eigenvalue weighted by atomic mass is 32.2. The Hall–Kier alpha value is -1.15. The summed E-state index contributed by atoms with van der Waals surface area (Å²) in [6.45, 7) is 1.10. The van der Waals surface area contributed by atoms with Gasteiger partial charge in [-0.25, -0.2) is 8.42 Å². The molecule has 3 rings (SSSR count). The number of methoxy groups -OCH3 is 1. The van der Waals surface area contributed by atoms with Crippen LogP contribution in [0, 0.1) is 11.8 Å². The lowest BCUT2D eigenvalue weighted by molar-refractivity contribution is -0.145. The molecule has 23 heavy (non-hydrogen) atoms.